The van der Waals surface area contributed by atoms with Crippen molar-refractivity contribution >= 4 is 5.78 Å². The minimum Gasteiger partial charge on any atom is -0.349 e. The van der Waals surface area contributed by atoms with E-state index in [1.165, 1.54) is 6.92 Å². The number of rotatable bonds is 1. The number of carbonyl (C=O) groups excluding carboxylic acids is 1. The number of imidazole rings is 1. The lowest BCUT2D eigenvalue weighted by Gasteiger charge is -1.73. The molecular formula is C7H13N3O. The number of nitrogens with zero attached hydrogens (tertiary/aromatic N) is 1. The second kappa shape index (κ2) is 5.61. The molecule has 0 amide bonds. The van der Waals surface area contributed by atoms with Crippen LogP contribution in [0.15, 0.2) is 12.5 Å². The Morgan fingerprint density at radius 1 is 1.82 bits per heavy atom. The predicted octanol–water partition coefficient (Wildman–Crippen LogP) is 0.252. The van der Waals surface area contributed by atoms with Crippen molar-refractivity contribution in [3.63, 3.8) is 0 Å². The second-order valence-corrected chi connectivity index (χ2v) is 2.14. The van der Waals surface area contributed by atoms with E-state index in [9.17, 15) is 4.79 Å². The summed E-state index contributed by atoms with van der Waals surface area (Å²) in [6.45, 7) is 3.59. The Bertz CT molecular complexity index is 193. The Morgan fingerprint density at radius 3 is 2.45 bits per heavy atom. The normalized spacial score (nSPS) is 8.27. The number of nitrogens with one attached hydrogen (secondary N) is 1. The van der Waals surface area contributed by atoms with Crippen molar-refractivity contribution in [2.75, 3.05) is 6.54 Å². The van der Waals surface area contributed by atoms with Crippen LogP contribution >= 0.6 is 0 Å². The maximum absolute atomic E-state index is 9.69. The van der Waals surface area contributed by atoms with Gasteiger partial charge in [-0.25, -0.2) is 4.98 Å². The molecule has 0 radical (unpaired) electrons. The van der Waals surface area contributed by atoms with Crippen LogP contribution in [0.25, 0.3) is 0 Å². The fourth-order valence-electron chi connectivity index (χ4n) is 0.325. The van der Waals surface area contributed by atoms with Crippen LogP contribution in [-0.2, 0) is 4.79 Å². The quantitative estimate of drug-likeness (QED) is 0.610. The van der Waals surface area contributed by atoms with E-state index in [-0.39, 0.29) is 12.3 Å². The van der Waals surface area contributed by atoms with Gasteiger partial charge in [0.05, 0.1) is 12.9 Å². The molecule has 1 aromatic rings. The molecule has 62 valence electrons. The highest BCUT2D eigenvalue weighted by molar-refractivity contribution is 5.77. The topological polar surface area (TPSA) is 71.8 Å². The zero-order valence-electron chi connectivity index (χ0n) is 6.79. The fraction of sp³-hybridized carbons (Fsp3) is 0.429. The van der Waals surface area contributed by atoms with Gasteiger partial charge in [0.1, 0.15) is 5.78 Å². The number of hydrogen-bond donors (Lipinski definition) is 2. The van der Waals surface area contributed by atoms with Crippen LogP contribution in [0.4, 0.5) is 0 Å². The maximum atomic E-state index is 9.69. The van der Waals surface area contributed by atoms with Gasteiger partial charge in [0.2, 0.25) is 0 Å². The van der Waals surface area contributed by atoms with Crippen molar-refractivity contribution in [3.8, 4) is 0 Å². The smallest absolute Gasteiger partial charge is 0.143 e. The third kappa shape index (κ3) is 6.73. The summed E-state index contributed by atoms with van der Waals surface area (Å²) in [7, 11) is 0. The lowest BCUT2D eigenvalue weighted by molar-refractivity contribution is -0.115. The molecule has 4 heteroatoms. The first-order valence-corrected chi connectivity index (χ1v) is 3.31. The number of aryl methyl sites for hydroxylation is 1. The van der Waals surface area contributed by atoms with E-state index in [4.69, 9.17) is 5.73 Å². The zero-order valence-corrected chi connectivity index (χ0v) is 6.79. The molecule has 11 heavy (non-hydrogen) atoms. The van der Waals surface area contributed by atoms with Gasteiger partial charge >= 0.3 is 0 Å². The molecule has 0 aliphatic carbocycles. The number of H-pyrrole nitrogens is 1. The van der Waals surface area contributed by atoms with E-state index in [0.29, 0.717) is 0 Å². The highest BCUT2D eigenvalue weighted by Gasteiger charge is 1.77. The van der Waals surface area contributed by atoms with Gasteiger partial charge in [-0.2, -0.15) is 0 Å². The third-order valence-electron chi connectivity index (χ3n) is 0.922. The van der Waals surface area contributed by atoms with E-state index in [2.05, 4.69) is 9.97 Å². The largest absolute Gasteiger partial charge is 0.349 e. The Labute approximate surface area is 65.8 Å². The summed E-state index contributed by atoms with van der Waals surface area (Å²) in [5, 5.41) is 0. The summed E-state index contributed by atoms with van der Waals surface area (Å²) >= 11 is 0. The molecule has 0 fully saturated rings. The third-order valence-corrected chi connectivity index (χ3v) is 0.922. The summed E-state index contributed by atoms with van der Waals surface area (Å²) in [6.07, 6.45) is 3.44. The van der Waals surface area contributed by atoms with Gasteiger partial charge in [-0.3, -0.25) is 4.79 Å². The van der Waals surface area contributed by atoms with Crippen molar-refractivity contribution < 1.29 is 4.79 Å². The number of aromatic nitrogens is 2. The first-order chi connectivity index (χ1) is 5.16. The minimum atomic E-state index is 0.0324. The van der Waals surface area contributed by atoms with E-state index in [0.717, 1.165) is 5.69 Å². The summed E-state index contributed by atoms with van der Waals surface area (Å²) in [5.41, 5.74) is 5.93. The van der Waals surface area contributed by atoms with Crippen molar-refractivity contribution in [2.24, 2.45) is 5.73 Å². The molecule has 1 heterocycles. The maximum Gasteiger partial charge on any atom is 0.143 e. The predicted molar refractivity (Wildman–Crippen MR) is 43.1 cm³/mol. The zero-order chi connectivity index (χ0) is 8.69. The first-order valence-electron chi connectivity index (χ1n) is 3.31. The van der Waals surface area contributed by atoms with E-state index in [1.807, 2.05) is 6.92 Å². The first kappa shape index (κ1) is 9.84. The van der Waals surface area contributed by atoms with Crippen molar-refractivity contribution in [1.82, 2.24) is 9.97 Å². The molecule has 1 rings (SSSR count). The lowest BCUT2D eigenvalue weighted by atomic mass is 10.5. The molecule has 0 aliphatic heterocycles. The molecule has 0 aromatic carbocycles. The van der Waals surface area contributed by atoms with Gasteiger partial charge in [-0.1, -0.05) is 0 Å². The summed E-state index contributed by atoms with van der Waals surface area (Å²) in [5.74, 6) is 0.0324. The Balaban J connectivity index is 0.000000187. The second-order valence-electron chi connectivity index (χ2n) is 2.14. The Morgan fingerprint density at radius 2 is 2.36 bits per heavy atom. The molecule has 0 saturated heterocycles. The van der Waals surface area contributed by atoms with Gasteiger partial charge in [-0.15, -0.1) is 0 Å². The van der Waals surface area contributed by atoms with Crippen LogP contribution in [0.3, 0.4) is 0 Å². The fourth-order valence-corrected chi connectivity index (χ4v) is 0.325. The van der Waals surface area contributed by atoms with E-state index in [1.54, 1.807) is 12.5 Å². The van der Waals surface area contributed by atoms with Crippen LogP contribution in [0.2, 0.25) is 0 Å². The molecule has 4 nitrogen and oxygen atoms in total. The highest BCUT2D eigenvalue weighted by atomic mass is 16.1. The standard InChI is InChI=1S/C4H6N2.C3H7NO/c1-4-2-5-3-6-4;1-3(5)2-4/h2-3H,1H3,(H,5,6);2,4H2,1H3. The van der Waals surface area contributed by atoms with Crippen LogP contribution in [0, 0.1) is 6.92 Å². The van der Waals surface area contributed by atoms with Crippen molar-refractivity contribution in [3.05, 3.63) is 18.2 Å². The van der Waals surface area contributed by atoms with Crippen LogP contribution in [0.5, 0.6) is 0 Å². The van der Waals surface area contributed by atoms with Gasteiger partial charge in [0.25, 0.3) is 0 Å². The molecule has 0 spiro atoms. The molecule has 3 N–H and O–H groups in total. The van der Waals surface area contributed by atoms with Gasteiger partial charge in [-0.05, 0) is 13.8 Å². The number of carbonyl (C=O) groups is 1. The van der Waals surface area contributed by atoms with Gasteiger partial charge in [0.15, 0.2) is 0 Å². The van der Waals surface area contributed by atoms with E-state index < -0.39 is 0 Å². The van der Waals surface area contributed by atoms with Crippen molar-refractivity contribution in [2.45, 2.75) is 13.8 Å². The molecule has 0 atom stereocenters. The summed E-state index contributed by atoms with van der Waals surface area (Å²) < 4.78 is 0. The van der Waals surface area contributed by atoms with Gasteiger partial charge in [0, 0.05) is 11.9 Å². The summed E-state index contributed by atoms with van der Waals surface area (Å²) in [4.78, 5) is 16.3. The van der Waals surface area contributed by atoms with Gasteiger partial charge < -0.3 is 10.7 Å². The van der Waals surface area contributed by atoms with Crippen LogP contribution in [-0.4, -0.2) is 22.3 Å². The number of ketones is 1. The van der Waals surface area contributed by atoms with Crippen LogP contribution in [0.1, 0.15) is 12.6 Å². The van der Waals surface area contributed by atoms with E-state index >= 15 is 0 Å². The molecule has 1 aromatic heterocycles. The summed E-state index contributed by atoms with van der Waals surface area (Å²) in [6, 6.07) is 0. The number of aromatic amines is 1. The SMILES string of the molecule is CC(=O)CN.Cc1cnc[nH]1. The van der Waals surface area contributed by atoms with Crippen LogP contribution < -0.4 is 5.73 Å². The molecular weight excluding hydrogens is 142 g/mol. The average Bonchev–Trinajstić information content (AvgIpc) is 2.41. The Hall–Kier alpha value is -1.16. The average molecular weight is 155 g/mol. The molecule has 0 aliphatic rings. The minimum absolute atomic E-state index is 0.0324. The number of Topliss-reactive ketones (excluding diaryl/α,β-unsaturated/α-hetero) is 1. The highest BCUT2D eigenvalue weighted by Crippen LogP contribution is 1.81. The molecule has 0 unspecified atom stereocenters. The Kier molecular flexibility index (Phi) is 5.02. The molecule has 0 bridgehead atoms. The monoisotopic (exact) mass is 155 g/mol. The number of hydrogen-bond acceptors (Lipinski definition) is 3. The lowest BCUT2D eigenvalue weighted by Crippen LogP contribution is -2.07. The van der Waals surface area contributed by atoms with Crippen molar-refractivity contribution in [1.29, 1.82) is 0 Å². The number of nitrogens with two attached hydrogens (primary N) is 1. The molecule has 0 saturated carbocycles.